The fourth-order valence-corrected chi connectivity index (χ4v) is 2.95. The fourth-order valence-electron chi connectivity index (χ4n) is 2.43. The highest BCUT2D eigenvalue weighted by Crippen LogP contribution is 2.37. The molecule has 1 aromatic rings. The van der Waals surface area contributed by atoms with E-state index >= 15 is 0 Å². The summed E-state index contributed by atoms with van der Waals surface area (Å²) in [7, 11) is 0. The molecule has 0 bridgehead atoms. The zero-order valence-electron chi connectivity index (χ0n) is 8.16. The van der Waals surface area contributed by atoms with Crippen molar-refractivity contribution in [2.24, 2.45) is 0 Å². The van der Waals surface area contributed by atoms with Crippen LogP contribution in [0.25, 0.3) is 0 Å². The van der Waals surface area contributed by atoms with Crippen molar-refractivity contribution in [3.05, 3.63) is 28.2 Å². The van der Waals surface area contributed by atoms with Gasteiger partial charge in [-0.25, -0.2) is 0 Å². The van der Waals surface area contributed by atoms with Crippen molar-refractivity contribution < 1.29 is 4.79 Å². The highest BCUT2D eigenvalue weighted by Gasteiger charge is 2.36. The van der Waals surface area contributed by atoms with E-state index in [9.17, 15) is 4.79 Å². The minimum atomic E-state index is 0.183. The lowest BCUT2D eigenvalue weighted by Crippen LogP contribution is -2.53. The first-order valence-electron chi connectivity index (χ1n) is 5.07. The summed E-state index contributed by atoms with van der Waals surface area (Å²) in [5.74, 6) is 0.183. The highest BCUT2D eigenvalue weighted by atomic mass is 79.9. The van der Waals surface area contributed by atoms with Crippen LogP contribution in [0.2, 0.25) is 0 Å². The molecule has 78 valence electrons. The molecule has 2 aliphatic heterocycles. The van der Waals surface area contributed by atoms with Gasteiger partial charge in [0, 0.05) is 16.7 Å². The molecule has 0 radical (unpaired) electrons. The molecule has 2 heterocycles. The van der Waals surface area contributed by atoms with E-state index in [4.69, 9.17) is 0 Å². The topological polar surface area (TPSA) is 32.3 Å². The average molecular weight is 267 g/mol. The Morgan fingerprint density at radius 2 is 2.33 bits per heavy atom. The molecule has 1 saturated heterocycles. The molecule has 1 amide bonds. The quantitative estimate of drug-likeness (QED) is 0.768. The van der Waals surface area contributed by atoms with Gasteiger partial charge in [0.2, 0.25) is 5.91 Å². The van der Waals surface area contributed by atoms with Gasteiger partial charge < -0.3 is 10.2 Å². The number of amides is 1. The summed E-state index contributed by atoms with van der Waals surface area (Å²) in [6, 6.07) is 6.36. The lowest BCUT2D eigenvalue weighted by Gasteiger charge is -2.30. The summed E-state index contributed by atoms with van der Waals surface area (Å²) in [6.45, 7) is 1.36. The molecular weight excluding hydrogens is 256 g/mol. The van der Waals surface area contributed by atoms with E-state index < -0.39 is 0 Å². The molecule has 4 heteroatoms. The molecule has 0 spiro atoms. The zero-order valence-corrected chi connectivity index (χ0v) is 9.75. The predicted molar refractivity (Wildman–Crippen MR) is 62.0 cm³/mol. The van der Waals surface area contributed by atoms with Gasteiger partial charge in [-0.1, -0.05) is 22.0 Å². The molecule has 0 aromatic heterocycles. The Balaban J connectivity index is 2.11. The summed E-state index contributed by atoms with van der Waals surface area (Å²) in [4.78, 5) is 13.7. The molecule has 1 aromatic carbocycles. The van der Waals surface area contributed by atoms with Gasteiger partial charge >= 0.3 is 0 Å². The summed E-state index contributed by atoms with van der Waals surface area (Å²) >= 11 is 3.54. The Morgan fingerprint density at radius 3 is 3.20 bits per heavy atom. The maximum absolute atomic E-state index is 11.8. The number of carbonyl (C=O) groups excluding carboxylic acids is 1. The number of rotatable bonds is 0. The van der Waals surface area contributed by atoms with E-state index in [1.807, 2.05) is 23.1 Å². The van der Waals surface area contributed by atoms with Gasteiger partial charge in [-0.15, -0.1) is 0 Å². The first kappa shape index (κ1) is 9.36. The van der Waals surface area contributed by atoms with Crippen LogP contribution in [0.15, 0.2) is 22.7 Å². The molecule has 1 atom stereocenters. The number of carbonyl (C=O) groups is 1. The Bertz CT molecular complexity index is 433. The van der Waals surface area contributed by atoms with E-state index in [1.165, 1.54) is 5.56 Å². The van der Waals surface area contributed by atoms with E-state index in [2.05, 4.69) is 21.2 Å². The van der Waals surface area contributed by atoms with Crippen LogP contribution in [0.5, 0.6) is 0 Å². The molecular formula is C11H11BrN2O. The van der Waals surface area contributed by atoms with Crippen molar-refractivity contribution in [3.8, 4) is 0 Å². The van der Waals surface area contributed by atoms with Crippen LogP contribution in [-0.4, -0.2) is 25.0 Å². The number of anilines is 1. The zero-order chi connectivity index (χ0) is 10.4. The van der Waals surface area contributed by atoms with Crippen molar-refractivity contribution >= 4 is 27.5 Å². The van der Waals surface area contributed by atoms with Crippen molar-refractivity contribution in [2.45, 2.75) is 12.5 Å². The highest BCUT2D eigenvalue weighted by molar-refractivity contribution is 9.10. The Hall–Kier alpha value is -0.870. The lowest BCUT2D eigenvalue weighted by molar-refractivity contribution is -0.119. The first-order chi connectivity index (χ1) is 7.27. The Kier molecular flexibility index (Phi) is 2.07. The Morgan fingerprint density at radius 1 is 1.47 bits per heavy atom. The third-order valence-corrected chi connectivity index (χ3v) is 3.83. The molecule has 2 aliphatic rings. The van der Waals surface area contributed by atoms with Crippen LogP contribution >= 0.6 is 15.9 Å². The minimum absolute atomic E-state index is 0.183. The van der Waals surface area contributed by atoms with Gasteiger partial charge in [0.25, 0.3) is 0 Å². The van der Waals surface area contributed by atoms with Gasteiger partial charge in [0.1, 0.15) is 0 Å². The third-order valence-electron chi connectivity index (χ3n) is 3.08. The maximum atomic E-state index is 11.8. The number of piperazine rings is 1. The van der Waals surface area contributed by atoms with Crippen molar-refractivity contribution in [1.29, 1.82) is 0 Å². The van der Waals surface area contributed by atoms with Crippen LogP contribution < -0.4 is 10.2 Å². The largest absolute Gasteiger partial charge is 0.306 e. The number of hydrogen-bond acceptors (Lipinski definition) is 2. The van der Waals surface area contributed by atoms with Gasteiger partial charge in [-0.3, -0.25) is 4.79 Å². The smallest absolute Gasteiger partial charge is 0.241 e. The number of fused-ring (bicyclic) bond motifs is 3. The summed E-state index contributed by atoms with van der Waals surface area (Å²) in [6.07, 6.45) is 0.954. The van der Waals surface area contributed by atoms with Crippen LogP contribution in [-0.2, 0) is 11.2 Å². The van der Waals surface area contributed by atoms with Crippen molar-refractivity contribution in [1.82, 2.24) is 5.32 Å². The molecule has 3 nitrogen and oxygen atoms in total. The molecule has 3 rings (SSSR count). The predicted octanol–water partition coefficient (Wildman–Crippen LogP) is 1.31. The van der Waals surface area contributed by atoms with Crippen LogP contribution in [0.4, 0.5) is 5.69 Å². The maximum Gasteiger partial charge on any atom is 0.241 e. The molecule has 0 saturated carbocycles. The van der Waals surface area contributed by atoms with Crippen LogP contribution in [0.3, 0.4) is 0 Å². The number of nitrogens with zero attached hydrogens (tertiary/aromatic N) is 1. The number of hydrogen-bond donors (Lipinski definition) is 1. The molecule has 1 unspecified atom stereocenters. The molecule has 0 aliphatic carbocycles. The average Bonchev–Trinajstić information content (AvgIpc) is 2.59. The second-order valence-corrected chi connectivity index (χ2v) is 4.84. The lowest BCUT2D eigenvalue weighted by atomic mass is 10.1. The van der Waals surface area contributed by atoms with E-state index in [0.29, 0.717) is 12.6 Å². The van der Waals surface area contributed by atoms with Gasteiger partial charge in [0.05, 0.1) is 12.6 Å². The fraction of sp³-hybridized carbons (Fsp3) is 0.364. The molecule has 15 heavy (non-hydrogen) atoms. The van der Waals surface area contributed by atoms with E-state index in [-0.39, 0.29) is 5.91 Å². The third kappa shape index (κ3) is 1.32. The summed E-state index contributed by atoms with van der Waals surface area (Å²) < 4.78 is 1.11. The number of nitrogens with one attached hydrogen (secondary N) is 1. The first-order valence-corrected chi connectivity index (χ1v) is 5.87. The molecule has 1 fully saturated rings. The van der Waals surface area contributed by atoms with Gasteiger partial charge in [0.15, 0.2) is 0 Å². The SMILES string of the molecule is O=C1CNCC2Cc3c(Br)cccc3N12. The second kappa shape index (κ2) is 3.32. The standard InChI is InChI=1S/C11H11BrN2O/c12-9-2-1-3-10-8(9)4-7-5-13-6-11(15)14(7)10/h1-3,7,13H,4-6H2. The van der Waals surface area contributed by atoms with Gasteiger partial charge in [-0.2, -0.15) is 0 Å². The second-order valence-electron chi connectivity index (χ2n) is 3.99. The summed E-state index contributed by atoms with van der Waals surface area (Å²) in [5.41, 5.74) is 2.35. The van der Waals surface area contributed by atoms with Crippen molar-refractivity contribution in [3.63, 3.8) is 0 Å². The number of benzene rings is 1. The monoisotopic (exact) mass is 266 g/mol. The minimum Gasteiger partial charge on any atom is -0.306 e. The summed E-state index contributed by atoms with van der Waals surface area (Å²) in [5, 5.41) is 3.15. The number of halogens is 1. The van der Waals surface area contributed by atoms with E-state index in [1.54, 1.807) is 0 Å². The van der Waals surface area contributed by atoms with Crippen LogP contribution in [0.1, 0.15) is 5.56 Å². The van der Waals surface area contributed by atoms with E-state index in [0.717, 1.165) is 23.1 Å². The van der Waals surface area contributed by atoms with Gasteiger partial charge in [-0.05, 0) is 24.1 Å². The van der Waals surface area contributed by atoms with Crippen molar-refractivity contribution in [2.75, 3.05) is 18.0 Å². The Labute approximate surface area is 96.6 Å². The van der Waals surface area contributed by atoms with Crippen LogP contribution in [0, 0.1) is 0 Å². The normalized spacial score (nSPS) is 23.9. The molecule has 1 N–H and O–H groups in total.